The highest BCUT2D eigenvalue weighted by atomic mass is 32.2. The third kappa shape index (κ3) is 7.69. The first-order chi connectivity index (χ1) is 4.13. The number of hydrogen-bond acceptors (Lipinski definition) is 3. The van der Waals surface area contributed by atoms with E-state index in [0.29, 0.717) is 0 Å². The second-order valence-electron chi connectivity index (χ2n) is 2.16. The smallest absolute Gasteiger partial charge is 0.114 e. The molecule has 0 spiro atoms. The number of nitrogens with zero attached hydrogens (tertiary/aromatic N) is 2. The van der Waals surface area contributed by atoms with Crippen LogP contribution in [0.5, 0.6) is 0 Å². The van der Waals surface area contributed by atoms with Crippen molar-refractivity contribution in [3.05, 3.63) is 0 Å². The highest BCUT2D eigenvalue weighted by Crippen LogP contribution is 2.03. The van der Waals surface area contributed by atoms with Gasteiger partial charge in [-0.25, -0.2) is 8.80 Å². The van der Waals surface area contributed by atoms with Crippen LogP contribution in [0, 0.1) is 0 Å². The topological polar surface area (TPSA) is 24.7 Å². The van der Waals surface area contributed by atoms with Crippen molar-refractivity contribution in [2.75, 3.05) is 0 Å². The Morgan fingerprint density at radius 1 is 0.889 bits per heavy atom. The fourth-order valence-corrected chi connectivity index (χ4v) is 0.551. The summed E-state index contributed by atoms with van der Waals surface area (Å²) in [6.07, 6.45) is 0. The molecule has 0 saturated heterocycles. The molecular formula is C6H12N2S. The van der Waals surface area contributed by atoms with E-state index >= 15 is 0 Å². The summed E-state index contributed by atoms with van der Waals surface area (Å²) in [6, 6.07) is 0. The van der Waals surface area contributed by atoms with Crippen molar-refractivity contribution >= 4 is 23.6 Å². The Kier molecular flexibility index (Phi) is 4.40. The Hall–Kier alpha value is -0.310. The van der Waals surface area contributed by atoms with E-state index in [1.165, 1.54) is 12.1 Å². The van der Waals surface area contributed by atoms with E-state index in [2.05, 4.69) is 8.80 Å². The van der Waals surface area contributed by atoms with Gasteiger partial charge in [-0.3, -0.25) is 0 Å². The molecule has 0 aromatic heterocycles. The summed E-state index contributed by atoms with van der Waals surface area (Å²) in [5.41, 5.74) is 2.09. The molecule has 3 heteroatoms. The minimum atomic E-state index is 1.05. The first kappa shape index (κ1) is 8.69. The molecule has 0 amide bonds. The molecule has 52 valence electrons. The van der Waals surface area contributed by atoms with Crippen molar-refractivity contribution in [3.63, 3.8) is 0 Å². The molecule has 0 unspecified atom stereocenters. The number of hydrogen-bond donors (Lipinski definition) is 0. The lowest BCUT2D eigenvalue weighted by Gasteiger charge is -1.85. The second kappa shape index (κ2) is 4.56. The third-order valence-corrected chi connectivity index (χ3v) is 1.34. The first-order valence-electron chi connectivity index (χ1n) is 2.81. The van der Waals surface area contributed by atoms with E-state index in [9.17, 15) is 0 Å². The molecule has 0 heterocycles. The molecule has 0 aromatic carbocycles. The van der Waals surface area contributed by atoms with Gasteiger partial charge in [-0.15, -0.1) is 0 Å². The van der Waals surface area contributed by atoms with E-state index in [1.54, 1.807) is 0 Å². The summed E-state index contributed by atoms with van der Waals surface area (Å²) in [6.45, 7) is 7.81. The Bertz CT molecular complexity index is 114. The van der Waals surface area contributed by atoms with Crippen LogP contribution in [0.1, 0.15) is 27.7 Å². The molecule has 0 aliphatic rings. The van der Waals surface area contributed by atoms with Crippen molar-refractivity contribution < 1.29 is 0 Å². The van der Waals surface area contributed by atoms with Crippen molar-refractivity contribution in [3.8, 4) is 0 Å². The number of rotatable bonds is 2. The maximum Gasteiger partial charge on any atom is 0.114 e. The molecule has 0 aliphatic carbocycles. The predicted octanol–water partition coefficient (Wildman–Crippen LogP) is 2.51. The Morgan fingerprint density at radius 2 is 1.22 bits per heavy atom. The maximum atomic E-state index is 4.01. The molecule has 0 N–H and O–H groups in total. The molecule has 2 nitrogen and oxygen atoms in total. The van der Waals surface area contributed by atoms with E-state index < -0.39 is 0 Å². The minimum Gasteiger partial charge on any atom is -0.203 e. The van der Waals surface area contributed by atoms with Crippen LogP contribution in [0.2, 0.25) is 0 Å². The SMILES string of the molecule is CC(C)=NSN=C(C)C. The zero-order valence-corrected chi connectivity index (χ0v) is 7.12. The van der Waals surface area contributed by atoms with Gasteiger partial charge in [-0.2, -0.15) is 0 Å². The molecule has 0 aliphatic heterocycles. The molecule has 0 fully saturated rings. The van der Waals surface area contributed by atoms with Crippen LogP contribution in [0.4, 0.5) is 0 Å². The molecule has 0 saturated carbocycles. The molecule has 0 atom stereocenters. The molecule has 0 radical (unpaired) electrons. The monoisotopic (exact) mass is 144 g/mol. The summed E-state index contributed by atoms with van der Waals surface area (Å²) in [5, 5.41) is 0. The first-order valence-corrected chi connectivity index (χ1v) is 3.54. The lowest BCUT2D eigenvalue weighted by atomic mass is 10.5. The molecular weight excluding hydrogens is 132 g/mol. The standard InChI is InChI=1S/C6H12N2S/c1-5(2)7-9-8-6(3)4/h1-4H3. The normalized spacial score (nSPS) is 8.44. The summed E-state index contributed by atoms with van der Waals surface area (Å²) in [5.74, 6) is 0. The van der Waals surface area contributed by atoms with E-state index in [-0.39, 0.29) is 0 Å². The van der Waals surface area contributed by atoms with E-state index in [4.69, 9.17) is 0 Å². The van der Waals surface area contributed by atoms with Gasteiger partial charge in [0.2, 0.25) is 0 Å². The largest absolute Gasteiger partial charge is 0.203 e. The Labute approximate surface area is 60.7 Å². The van der Waals surface area contributed by atoms with Gasteiger partial charge in [0.05, 0.1) is 0 Å². The van der Waals surface area contributed by atoms with Crippen molar-refractivity contribution in [1.82, 2.24) is 0 Å². The van der Waals surface area contributed by atoms with Crippen LogP contribution >= 0.6 is 12.1 Å². The van der Waals surface area contributed by atoms with Crippen LogP contribution < -0.4 is 0 Å². The molecule has 0 aromatic rings. The predicted molar refractivity (Wildman–Crippen MR) is 45.2 cm³/mol. The van der Waals surface area contributed by atoms with Gasteiger partial charge >= 0.3 is 0 Å². The van der Waals surface area contributed by atoms with Gasteiger partial charge in [-0.1, -0.05) is 0 Å². The van der Waals surface area contributed by atoms with Gasteiger partial charge in [0.25, 0.3) is 0 Å². The minimum absolute atomic E-state index is 1.05. The van der Waals surface area contributed by atoms with Crippen LogP contribution in [0.3, 0.4) is 0 Å². The van der Waals surface area contributed by atoms with Gasteiger partial charge in [0.1, 0.15) is 12.1 Å². The quantitative estimate of drug-likeness (QED) is 0.431. The average Bonchev–Trinajstić information content (AvgIpc) is 1.63. The van der Waals surface area contributed by atoms with Gasteiger partial charge in [-0.05, 0) is 27.7 Å². The Morgan fingerprint density at radius 3 is 1.44 bits per heavy atom. The molecule has 0 bridgehead atoms. The highest BCUT2D eigenvalue weighted by Gasteiger charge is 1.78. The summed E-state index contributed by atoms with van der Waals surface area (Å²) >= 11 is 1.25. The average molecular weight is 144 g/mol. The van der Waals surface area contributed by atoms with E-state index in [1.807, 2.05) is 27.7 Å². The van der Waals surface area contributed by atoms with E-state index in [0.717, 1.165) is 11.4 Å². The lowest BCUT2D eigenvalue weighted by Crippen LogP contribution is -1.77. The van der Waals surface area contributed by atoms with Gasteiger partial charge < -0.3 is 0 Å². The van der Waals surface area contributed by atoms with Gasteiger partial charge in [0.15, 0.2) is 0 Å². The fourth-order valence-electron chi connectivity index (χ4n) is 0.184. The second-order valence-corrected chi connectivity index (χ2v) is 2.69. The maximum absolute atomic E-state index is 4.01. The fraction of sp³-hybridized carbons (Fsp3) is 0.667. The highest BCUT2D eigenvalue weighted by molar-refractivity contribution is 7.97. The van der Waals surface area contributed by atoms with Crippen LogP contribution in [0.25, 0.3) is 0 Å². The summed E-state index contributed by atoms with van der Waals surface area (Å²) < 4.78 is 8.02. The van der Waals surface area contributed by atoms with Crippen LogP contribution in [0.15, 0.2) is 8.80 Å². The lowest BCUT2D eigenvalue weighted by molar-refractivity contribution is 1.63. The Balaban J connectivity index is 3.53. The van der Waals surface area contributed by atoms with Crippen molar-refractivity contribution in [2.45, 2.75) is 27.7 Å². The van der Waals surface area contributed by atoms with Crippen LogP contribution in [-0.2, 0) is 0 Å². The zero-order chi connectivity index (χ0) is 7.28. The van der Waals surface area contributed by atoms with Crippen LogP contribution in [-0.4, -0.2) is 11.4 Å². The molecule has 0 rings (SSSR count). The van der Waals surface area contributed by atoms with Crippen molar-refractivity contribution in [2.24, 2.45) is 8.80 Å². The third-order valence-electron chi connectivity index (χ3n) is 0.447. The molecule has 9 heavy (non-hydrogen) atoms. The zero-order valence-electron chi connectivity index (χ0n) is 6.30. The van der Waals surface area contributed by atoms with Gasteiger partial charge in [0, 0.05) is 11.4 Å². The summed E-state index contributed by atoms with van der Waals surface area (Å²) in [7, 11) is 0. The summed E-state index contributed by atoms with van der Waals surface area (Å²) in [4.78, 5) is 0. The van der Waals surface area contributed by atoms with Crippen molar-refractivity contribution in [1.29, 1.82) is 0 Å².